The van der Waals surface area contributed by atoms with E-state index in [1.54, 1.807) is 35.3 Å². The largest absolute Gasteiger partial charge is 0.455 e. The van der Waals surface area contributed by atoms with E-state index < -0.39 is 17.4 Å². The highest BCUT2D eigenvalue weighted by Gasteiger charge is 2.53. The predicted octanol–water partition coefficient (Wildman–Crippen LogP) is 5.19. The van der Waals surface area contributed by atoms with Gasteiger partial charge >= 0.3 is 6.03 Å². The van der Waals surface area contributed by atoms with Crippen LogP contribution < -0.4 is 10.1 Å². The van der Waals surface area contributed by atoms with Crippen molar-refractivity contribution in [3.8, 4) is 22.8 Å². The zero-order valence-corrected chi connectivity index (χ0v) is 20.7. The van der Waals surface area contributed by atoms with Gasteiger partial charge in [0.1, 0.15) is 17.3 Å². The summed E-state index contributed by atoms with van der Waals surface area (Å²) in [4.78, 5) is 35.9. The molecule has 1 N–H and O–H groups in total. The Morgan fingerprint density at radius 3 is 2.65 bits per heavy atom. The van der Waals surface area contributed by atoms with Gasteiger partial charge in [0.25, 0.3) is 0 Å². The van der Waals surface area contributed by atoms with Crippen LogP contribution in [0.15, 0.2) is 42.9 Å². The minimum atomic E-state index is -2.73. The number of amides is 3. The number of rotatable bonds is 5. The Bertz CT molecular complexity index is 1330. The van der Waals surface area contributed by atoms with Crippen molar-refractivity contribution in [3.63, 3.8) is 0 Å². The maximum absolute atomic E-state index is 13.6. The number of hydrogen-bond donors (Lipinski definition) is 1. The fourth-order valence-corrected chi connectivity index (χ4v) is 4.97. The molecule has 0 bridgehead atoms. The molecule has 4 heterocycles. The summed E-state index contributed by atoms with van der Waals surface area (Å²) < 4.78 is 35.0. The first-order valence-corrected chi connectivity index (χ1v) is 12.3. The van der Waals surface area contributed by atoms with E-state index in [9.17, 15) is 18.4 Å². The number of aromatic nitrogens is 4. The van der Waals surface area contributed by atoms with Crippen molar-refractivity contribution in [3.05, 3.63) is 48.5 Å². The molecule has 0 atom stereocenters. The summed E-state index contributed by atoms with van der Waals surface area (Å²) in [6, 6.07) is 6.26. The second-order valence-corrected chi connectivity index (χ2v) is 9.65. The van der Waals surface area contributed by atoms with Crippen LogP contribution in [0.25, 0.3) is 11.3 Å². The number of anilines is 1. The smallest absolute Gasteiger partial charge is 0.329 e. The van der Waals surface area contributed by atoms with Crippen LogP contribution in [0.2, 0.25) is 0 Å². The lowest BCUT2D eigenvalue weighted by atomic mass is 9.72. The summed E-state index contributed by atoms with van der Waals surface area (Å²) in [5, 5.41) is 6.85. The van der Waals surface area contributed by atoms with Gasteiger partial charge in [-0.25, -0.2) is 18.6 Å². The third kappa shape index (κ3) is 5.03. The number of pyridine rings is 2. The molecule has 3 aromatic rings. The molecule has 9 nitrogen and oxygen atoms in total. The fraction of sp³-hybridized carbons (Fsp3) is 0.423. The lowest BCUT2D eigenvalue weighted by Gasteiger charge is -2.35. The summed E-state index contributed by atoms with van der Waals surface area (Å²) in [5.74, 6) is -1.72. The van der Waals surface area contributed by atoms with E-state index in [4.69, 9.17) is 4.74 Å². The first-order valence-electron chi connectivity index (χ1n) is 12.3. The molecule has 2 aliphatic rings. The number of carbonyl (C=O) groups excluding carboxylic acids is 2. The van der Waals surface area contributed by atoms with Crippen LogP contribution >= 0.6 is 0 Å². The highest BCUT2D eigenvalue weighted by molar-refractivity contribution is 6.04. The molecule has 1 spiro atoms. The van der Waals surface area contributed by atoms with Crippen molar-refractivity contribution < 1.29 is 23.1 Å². The van der Waals surface area contributed by atoms with Crippen molar-refractivity contribution in [2.75, 3.05) is 11.9 Å². The lowest BCUT2D eigenvalue weighted by Crippen LogP contribution is -2.43. The number of halogens is 2. The van der Waals surface area contributed by atoms with Crippen LogP contribution in [-0.2, 0) is 18.3 Å². The third-order valence-corrected chi connectivity index (χ3v) is 7.16. The predicted molar refractivity (Wildman–Crippen MR) is 131 cm³/mol. The summed E-state index contributed by atoms with van der Waals surface area (Å²) in [5.41, 5.74) is 1.34. The second-order valence-electron chi connectivity index (χ2n) is 9.65. The number of alkyl halides is 2. The maximum Gasteiger partial charge on any atom is 0.329 e. The number of imide groups is 1. The number of likely N-dealkylation sites (tertiary alicyclic amines) is 1. The summed E-state index contributed by atoms with van der Waals surface area (Å²) in [6.45, 7) is 2.13. The van der Waals surface area contributed by atoms with Crippen LogP contribution in [0.4, 0.5) is 19.4 Å². The first-order chi connectivity index (χ1) is 17.7. The summed E-state index contributed by atoms with van der Waals surface area (Å²) in [6.07, 6.45) is 5.74. The molecule has 5 rings (SSSR count). The number of ether oxygens (including phenoxy) is 1. The van der Waals surface area contributed by atoms with Gasteiger partial charge in [-0.05, 0) is 43.9 Å². The molecule has 1 saturated carbocycles. The van der Waals surface area contributed by atoms with Crippen molar-refractivity contribution in [1.29, 1.82) is 0 Å². The van der Waals surface area contributed by atoms with E-state index in [0.29, 0.717) is 30.0 Å². The summed E-state index contributed by atoms with van der Waals surface area (Å²) >= 11 is 0. The molecule has 11 heteroatoms. The summed E-state index contributed by atoms with van der Waals surface area (Å²) in [7, 11) is 1.83. The van der Waals surface area contributed by atoms with Crippen molar-refractivity contribution >= 4 is 17.8 Å². The quantitative estimate of drug-likeness (QED) is 0.507. The molecular weight excluding hydrogens is 482 g/mol. The SMILES string of the molecule is CCc1nc(NC(=O)N2CCC3(CCC(F)(F)CC3)C2=O)ccc1Oc1ccnc(-c2cnn(C)c2)c1. The van der Waals surface area contributed by atoms with Gasteiger partial charge in [0, 0.05) is 50.5 Å². The van der Waals surface area contributed by atoms with Gasteiger partial charge in [-0.15, -0.1) is 0 Å². The van der Waals surface area contributed by atoms with Gasteiger partial charge in [0.05, 0.1) is 23.0 Å². The Morgan fingerprint density at radius 1 is 1.16 bits per heavy atom. The number of hydrogen-bond acceptors (Lipinski definition) is 6. The van der Waals surface area contributed by atoms with Crippen LogP contribution in [0.3, 0.4) is 0 Å². The zero-order chi connectivity index (χ0) is 26.2. The molecule has 1 aliphatic carbocycles. The Morgan fingerprint density at radius 2 is 1.95 bits per heavy atom. The first kappa shape index (κ1) is 24.8. The van der Waals surface area contributed by atoms with Gasteiger partial charge in [-0.2, -0.15) is 5.10 Å². The van der Waals surface area contributed by atoms with Gasteiger partial charge in [0.2, 0.25) is 11.8 Å². The third-order valence-electron chi connectivity index (χ3n) is 7.16. The molecule has 3 aromatic heterocycles. The normalized spacial score (nSPS) is 18.3. The van der Waals surface area contributed by atoms with Gasteiger partial charge < -0.3 is 4.74 Å². The average Bonchev–Trinajstić information content (AvgIpc) is 3.46. The minimum absolute atomic E-state index is 0.102. The van der Waals surface area contributed by atoms with Gasteiger partial charge in [-0.3, -0.25) is 24.7 Å². The van der Waals surface area contributed by atoms with Crippen molar-refractivity contribution in [1.82, 2.24) is 24.6 Å². The standard InChI is InChI=1S/C26H28F2N6O3/c1-3-19-21(37-18-6-12-29-20(14-18)17-15-30-33(2)16-17)4-5-22(31-19)32-24(36)34-13-11-25(23(34)35)7-9-26(27,28)10-8-25/h4-6,12,14-16H,3,7-11,13H2,1-2H3,(H,31,32,36). The molecule has 37 heavy (non-hydrogen) atoms. The van der Waals surface area contributed by atoms with E-state index in [2.05, 4.69) is 20.4 Å². The fourth-order valence-electron chi connectivity index (χ4n) is 4.97. The van der Waals surface area contributed by atoms with Crippen LogP contribution in [0.5, 0.6) is 11.5 Å². The van der Waals surface area contributed by atoms with Crippen molar-refractivity contribution in [2.24, 2.45) is 12.5 Å². The molecule has 0 aromatic carbocycles. The van der Waals surface area contributed by atoms with Gasteiger partial charge in [0.15, 0.2) is 0 Å². The topological polar surface area (TPSA) is 102 Å². The van der Waals surface area contributed by atoms with Crippen molar-refractivity contribution in [2.45, 2.75) is 51.4 Å². The van der Waals surface area contributed by atoms with E-state index in [-0.39, 0.29) is 44.0 Å². The molecule has 1 saturated heterocycles. The van der Waals surface area contributed by atoms with Crippen LogP contribution in [0, 0.1) is 5.41 Å². The molecule has 3 amide bonds. The molecule has 1 aliphatic heterocycles. The van der Waals surface area contributed by atoms with Gasteiger partial charge in [-0.1, -0.05) is 6.92 Å². The monoisotopic (exact) mass is 510 g/mol. The maximum atomic E-state index is 13.6. The molecule has 0 radical (unpaired) electrons. The molecule has 194 valence electrons. The Kier molecular flexibility index (Phi) is 6.38. The van der Waals surface area contributed by atoms with Crippen LogP contribution in [0.1, 0.15) is 44.7 Å². The number of aryl methyl sites for hydroxylation is 2. The van der Waals surface area contributed by atoms with E-state index in [1.165, 1.54) is 0 Å². The highest BCUT2D eigenvalue weighted by atomic mass is 19.3. The molecule has 2 fully saturated rings. The van der Waals surface area contributed by atoms with E-state index in [0.717, 1.165) is 16.2 Å². The number of nitrogens with one attached hydrogen (secondary N) is 1. The number of carbonyl (C=O) groups is 2. The number of nitrogens with zero attached hydrogens (tertiary/aromatic N) is 5. The Balaban J connectivity index is 1.27. The average molecular weight is 511 g/mol. The lowest BCUT2D eigenvalue weighted by molar-refractivity contribution is -0.140. The highest BCUT2D eigenvalue weighted by Crippen LogP contribution is 2.49. The Hall–Kier alpha value is -3.89. The van der Waals surface area contributed by atoms with Crippen LogP contribution in [-0.4, -0.2) is 49.1 Å². The Labute approximate surface area is 212 Å². The zero-order valence-electron chi connectivity index (χ0n) is 20.7. The second kappa shape index (κ2) is 9.53. The van der Waals surface area contributed by atoms with E-state index in [1.807, 2.05) is 26.2 Å². The number of urea groups is 1. The minimum Gasteiger partial charge on any atom is -0.455 e. The van der Waals surface area contributed by atoms with E-state index >= 15 is 0 Å². The molecular formula is C26H28F2N6O3. The molecule has 0 unspecified atom stereocenters.